The van der Waals surface area contributed by atoms with E-state index in [1.165, 1.54) is 24.1 Å². The number of aliphatic hydroxyl groups is 1. The van der Waals surface area contributed by atoms with Crippen LogP contribution in [0, 0.1) is 0 Å². The third kappa shape index (κ3) is 3.97. The molecule has 0 spiro atoms. The summed E-state index contributed by atoms with van der Waals surface area (Å²) in [5, 5.41) is 21.0. The number of carbonyl (C=O) groups excluding carboxylic acids is 2. The first-order valence-corrected chi connectivity index (χ1v) is 9.70. The van der Waals surface area contributed by atoms with E-state index < -0.39 is 17.7 Å². The Morgan fingerprint density at radius 2 is 1.86 bits per heavy atom. The fourth-order valence-electron chi connectivity index (χ4n) is 3.67. The van der Waals surface area contributed by atoms with E-state index in [2.05, 4.69) is 6.92 Å². The highest BCUT2D eigenvalue weighted by Crippen LogP contribution is 2.41. The summed E-state index contributed by atoms with van der Waals surface area (Å²) in [6, 6.07) is 12.4. The summed E-state index contributed by atoms with van der Waals surface area (Å²) in [5.74, 6) is -1.24. The number of methoxy groups -OCH3 is 1. The molecule has 2 N–H and O–H groups in total. The fraction of sp³-hybridized carbons (Fsp3) is 0.304. The normalized spacial score (nSPS) is 18.3. The molecule has 29 heavy (non-hydrogen) atoms. The molecule has 0 radical (unpaired) electrons. The fourth-order valence-corrected chi connectivity index (χ4v) is 3.67. The molecule has 0 saturated carbocycles. The summed E-state index contributed by atoms with van der Waals surface area (Å²) in [7, 11) is 1.47. The Morgan fingerprint density at radius 3 is 2.55 bits per heavy atom. The van der Waals surface area contributed by atoms with Crippen LogP contribution in [0.15, 0.2) is 54.1 Å². The molecule has 1 aliphatic heterocycles. The quantitative estimate of drug-likeness (QED) is 0.320. The summed E-state index contributed by atoms with van der Waals surface area (Å²) >= 11 is 0. The predicted octanol–water partition coefficient (Wildman–Crippen LogP) is 4.01. The largest absolute Gasteiger partial charge is 0.508 e. The minimum atomic E-state index is -0.774. The number of amides is 1. The Hall–Kier alpha value is -3.28. The van der Waals surface area contributed by atoms with Crippen molar-refractivity contribution in [2.45, 2.75) is 32.2 Å². The highest BCUT2D eigenvalue weighted by Gasteiger charge is 2.46. The molecule has 3 rings (SSSR count). The van der Waals surface area contributed by atoms with Crippen LogP contribution in [-0.4, -0.2) is 40.5 Å². The first-order chi connectivity index (χ1) is 14.0. The topological polar surface area (TPSA) is 87.1 Å². The zero-order chi connectivity index (χ0) is 21.0. The van der Waals surface area contributed by atoms with Gasteiger partial charge in [0.25, 0.3) is 11.7 Å². The van der Waals surface area contributed by atoms with Gasteiger partial charge >= 0.3 is 0 Å². The number of hydrogen-bond donors (Lipinski definition) is 2. The molecular formula is C23H25NO5. The molecule has 1 amide bonds. The van der Waals surface area contributed by atoms with Gasteiger partial charge in [0.1, 0.15) is 17.3 Å². The van der Waals surface area contributed by atoms with Crippen molar-refractivity contribution < 1.29 is 24.5 Å². The number of benzene rings is 2. The lowest BCUT2D eigenvalue weighted by molar-refractivity contribution is -0.139. The smallest absolute Gasteiger partial charge is 0.295 e. The van der Waals surface area contributed by atoms with Crippen LogP contribution < -0.4 is 4.74 Å². The number of aliphatic hydroxyl groups excluding tert-OH is 1. The van der Waals surface area contributed by atoms with E-state index in [1.807, 2.05) is 0 Å². The van der Waals surface area contributed by atoms with Gasteiger partial charge in [-0.05, 0) is 36.2 Å². The van der Waals surface area contributed by atoms with E-state index in [1.54, 1.807) is 36.4 Å². The third-order valence-electron chi connectivity index (χ3n) is 5.09. The van der Waals surface area contributed by atoms with E-state index in [4.69, 9.17) is 4.74 Å². The number of carbonyl (C=O) groups is 2. The number of ketones is 1. The maximum Gasteiger partial charge on any atom is 0.295 e. The number of phenols is 1. The molecule has 2 aromatic carbocycles. The van der Waals surface area contributed by atoms with E-state index in [0.717, 1.165) is 19.3 Å². The molecule has 1 saturated heterocycles. The van der Waals surface area contributed by atoms with Gasteiger partial charge in [0, 0.05) is 6.54 Å². The standard InChI is InChI=1S/C23H25NO5/c1-3-4-7-13-24-20(15-9-8-10-16(25)14-15)19(22(27)23(24)28)21(26)17-11-5-6-12-18(17)29-2/h5-6,8-12,14,20,25-26H,3-4,7,13H2,1-2H3/b21-19-. The number of aromatic hydroxyl groups is 1. The lowest BCUT2D eigenvalue weighted by atomic mass is 9.94. The molecule has 0 aliphatic carbocycles. The van der Waals surface area contributed by atoms with Crippen molar-refractivity contribution in [3.05, 3.63) is 65.2 Å². The lowest BCUT2D eigenvalue weighted by Gasteiger charge is -2.25. The number of Topliss-reactive ketones (excluding diaryl/α,β-unsaturated/α-hetero) is 1. The molecule has 1 heterocycles. The molecule has 152 valence electrons. The van der Waals surface area contributed by atoms with Crippen LogP contribution in [0.2, 0.25) is 0 Å². The Kier molecular flexibility index (Phi) is 6.22. The zero-order valence-electron chi connectivity index (χ0n) is 16.6. The minimum absolute atomic E-state index is 0.00148. The van der Waals surface area contributed by atoms with Crippen LogP contribution in [0.5, 0.6) is 11.5 Å². The van der Waals surface area contributed by atoms with Crippen molar-refractivity contribution >= 4 is 17.4 Å². The highest BCUT2D eigenvalue weighted by atomic mass is 16.5. The molecule has 6 heteroatoms. The maximum atomic E-state index is 12.9. The van der Waals surface area contributed by atoms with Gasteiger partial charge in [-0.1, -0.05) is 44.0 Å². The van der Waals surface area contributed by atoms with Crippen molar-refractivity contribution in [2.75, 3.05) is 13.7 Å². The SMILES string of the molecule is CCCCCN1C(=O)C(=O)/C(=C(\O)c2ccccc2OC)C1c1cccc(O)c1. The Balaban J connectivity index is 2.16. The highest BCUT2D eigenvalue weighted by molar-refractivity contribution is 6.46. The predicted molar refractivity (Wildman–Crippen MR) is 110 cm³/mol. The molecule has 0 bridgehead atoms. The molecular weight excluding hydrogens is 370 g/mol. The van der Waals surface area contributed by atoms with Crippen molar-refractivity contribution in [1.82, 2.24) is 4.90 Å². The summed E-state index contributed by atoms with van der Waals surface area (Å²) in [6.07, 6.45) is 2.64. The van der Waals surface area contributed by atoms with E-state index in [0.29, 0.717) is 23.4 Å². The molecule has 1 aliphatic rings. The van der Waals surface area contributed by atoms with Gasteiger partial charge in [-0.25, -0.2) is 0 Å². The maximum absolute atomic E-state index is 12.9. The van der Waals surface area contributed by atoms with E-state index in [-0.39, 0.29) is 17.1 Å². The second kappa shape index (κ2) is 8.82. The first-order valence-electron chi connectivity index (χ1n) is 9.70. The van der Waals surface area contributed by atoms with Crippen LogP contribution in [0.4, 0.5) is 0 Å². The average molecular weight is 395 g/mol. The van der Waals surface area contributed by atoms with Gasteiger partial charge in [0.2, 0.25) is 0 Å². The molecule has 2 aromatic rings. The van der Waals surface area contributed by atoms with Crippen LogP contribution in [0.1, 0.15) is 43.4 Å². The zero-order valence-corrected chi connectivity index (χ0v) is 16.6. The third-order valence-corrected chi connectivity index (χ3v) is 5.09. The molecule has 1 atom stereocenters. The number of rotatable bonds is 7. The van der Waals surface area contributed by atoms with Crippen molar-refractivity contribution in [3.8, 4) is 11.5 Å². The molecule has 6 nitrogen and oxygen atoms in total. The van der Waals surface area contributed by atoms with Gasteiger partial charge in [-0.2, -0.15) is 0 Å². The minimum Gasteiger partial charge on any atom is -0.508 e. The second-order valence-corrected chi connectivity index (χ2v) is 6.99. The van der Waals surface area contributed by atoms with Gasteiger partial charge < -0.3 is 19.8 Å². The summed E-state index contributed by atoms with van der Waals surface area (Å²) in [6.45, 7) is 2.45. The van der Waals surface area contributed by atoms with Crippen LogP contribution in [0.25, 0.3) is 5.76 Å². The van der Waals surface area contributed by atoms with E-state index >= 15 is 0 Å². The number of hydrogen-bond acceptors (Lipinski definition) is 5. The van der Waals surface area contributed by atoms with Crippen LogP contribution >= 0.6 is 0 Å². The Bertz CT molecular complexity index is 950. The van der Waals surface area contributed by atoms with Crippen molar-refractivity contribution in [2.24, 2.45) is 0 Å². The van der Waals surface area contributed by atoms with Gasteiger partial charge in [0.05, 0.1) is 24.3 Å². The van der Waals surface area contributed by atoms with Crippen LogP contribution in [-0.2, 0) is 9.59 Å². The van der Waals surface area contributed by atoms with Crippen molar-refractivity contribution in [1.29, 1.82) is 0 Å². The number of phenolic OH excluding ortho intramolecular Hbond substituents is 1. The summed E-state index contributed by atoms with van der Waals surface area (Å²) in [5.41, 5.74) is 0.908. The average Bonchev–Trinajstić information content (AvgIpc) is 2.98. The van der Waals surface area contributed by atoms with Gasteiger partial charge in [-0.15, -0.1) is 0 Å². The van der Waals surface area contributed by atoms with Gasteiger partial charge in [-0.3, -0.25) is 9.59 Å². The number of ether oxygens (including phenoxy) is 1. The Labute approximate surface area is 170 Å². The first kappa shape index (κ1) is 20.5. The number of nitrogens with zero attached hydrogens (tertiary/aromatic N) is 1. The monoisotopic (exact) mass is 395 g/mol. The summed E-state index contributed by atoms with van der Waals surface area (Å²) < 4.78 is 5.31. The van der Waals surface area contributed by atoms with Crippen molar-refractivity contribution in [3.63, 3.8) is 0 Å². The lowest BCUT2D eigenvalue weighted by Crippen LogP contribution is -2.30. The Morgan fingerprint density at radius 1 is 1.10 bits per heavy atom. The second-order valence-electron chi connectivity index (χ2n) is 6.99. The molecule has 1 unspecified atom stereocenters. The van der Waals surface area contributed by atoms with Gasteiger partial charge in [0.15, 0.2) is 0 Å². The van der Waals surface area contributed by atoms with E-state index in [9.17, 15) is 19.8 Å². The number of unbranched alkanes of at least 4 members (excludes halogenated alkanes) is 2. The summed E-state index contributed by atoms with van der Waals surface area (Å²) in [4.78, 5) is 27.2. The molecule has 1 fully saturated rings. The van der Waals surface area contributed by atoms with Crippen LogP contribution in [0.3, 0.4) is 0 Å². The molecule has 0 aromatic heterocycles. The number of likely N-dealkylation sites (tertiary alicyclic amines) is 1. The number of para-hydroxylation sites is 1.